The van der Waals surface area contributed by atoms with Gasteiger partial charge in [-0.2, -0.15) is 0 Å². The van der Waals surface area contributed by atoms with Gasteiger partial charge in [0.1, 0.15) is 6.04 Å². The van der Waals surface area contributed by atoms with Crippen molar-refractivity contribution in [1.82, 2.24) is 10.2 Å². The Morgan fingerprint density at radius 1 is 0.962 bits per heavy atom. The molecule has 0 aromatic heterocycles. The highest BCUT2D eigenvalue weighted by Crippen LogP contribution is 2.25. The van der Waals surface area contributed by atoms with Gasteiger partial charge in [0.05, 0.1) is 0 Å². The van der Waals surface area contributed by atoms with Crippen molar-refractivity contribution < 1.29 is 9.59 Å². The molecule has 0 fully saturated rings. The summed E-state index contributed by atoms with van der Waals surface area (Å²) in [6, 6.07) is 18.7. The van der Waals surface area contributed by atoms with Gasteiger partial charge in [0.2, 0.25) is 11.8 Å². The van der Waals surface area contributed by atoms with Crippen molar-refractivity contribution in [2.75, 3.05) is 6.54 Å². The van der Waals surface area contributed by atoms with E-state index in [-0.39, 0.29) is 17.7 Å². The molecule has 2 aromatic rings. The van der Waals surface area contributed by atoms with Crippen molar-refractivity contribution in [2.24, 2.45) is 5.92 Å². The summed E-state index contributed by atoms with van der Waals surface area (Å²) < 4.78 is 0. The molecular formula is C22H28N2O2. The van der Waals surface area contributed by atoms with Crippen LogP contribution in [0.15, 0.2) is 60.7 Å². The normalized spacial score (nSPS) is 11.8. The molecule has 0 bridgehead atoms. The lowest BCUT2D eigenvalue weighted by Crippen LogP contribution is -2.45. The van der Waals surface area contributed by atoms with Crippen LogP contribution in [0, 0.1) is 5.92 Å². The number of amides is 2. The maximum absolute atomic E-state index is 13.0. The van der Waals surface area contributed by atoms with Crippen LogP contribution in [0.4, 0.5) is 0 Å². The van der Waals surface area contributed by atoms with Gasteiger partial charge in [0.15, 0.2) is 0 Å². The van der Waals surface area contributed by atoms with Gasteiger partial charge in [-0.05, 0) is 17.5 Å². The van der Waals surface area contributed by atoms with Gasteiger partial charge in [-0.3, -0.25) is 9.59 Å². The Labute approximate surface area is 156 Å². The van der Waals surface area contributed by atoms with Crippen LogP contribution in [0.2, 0.25) is 0 Å². The molecule has 0 aliphatic rings. The number of nitrogens with one attached hydrogen (secondary N) is 1. The Balaban J connectivity index is 2.42. The van der Waals surface area contributed by atoms with Gasteiger partial charge in [0.25, 0.3) is 0 Å². The molecule has 0 aliphatic carbocycles. The van der Waals surface area contributed by atoms with Crippen LogP contribution >= 0.6 is 0 Å². The van der Waals surface area contributed by atoms with Crippen LogP contribution in [0.3, 0.4) is 0 Å². The molecule has 0 saturated heterocycles. The third kappa shape index (κ3) is 5.19. The standard InChI is InChI=1S/C22H28N2O2/c1-4-15-23-21(25)20(19-13-9-6-10-14-19)24(22(26)17(2)3)16-18-11-7-5-8-12-18/h5-14,17,20H,4,15-16H2,1-3H3,(H,23,25)/t20-/m1/s1. The van der Waals surface area contributed by atoms with E-state index in [1.807, 2.05) is 81.4 Å². The lowest BCUT2D eigenvalue weighted by Gasteiger charge is -2.33. The van der Waals surface area contributed by atoms with Crippen molar-refractivity contribution in [2.45, 2.75) is 39.8 Å². The third-order valence-electron chi connectivity index (χ3n) is 4.20. The van der Waals surface area contributed by atoms with Crippen molar-refractivity contribution in [3.05, 3.63) is 71.8 Å². The Morgan fingerprint density at radius 2 is 1.54 bits per heavy atom. The fourth-order valence-electron chi connectivity index (χ4n) is 2.86. The van der Waals surface area contributed by atoms with Gasteiger partial charge >= 0.3 is 0 Å². The van der Waals surface area contributed by atoms with Gasteiger partial charge in [0, 0.05) is 19.0 Å². The Bertz CT molecular complexity index is 699. The van der Waals surface area contributed by atoms with Crippen molar-refractivity contribution in [3.63, 3.8) is 0 Å². The first-order valence-corrected chi connectivity index (χ1v) is 9.21. The summed E-state index contributed by atoms with van der Waals surface area (Å²) in [5.74, 6) is -0.360. The summed E-state index contributed by atoms with van der Waals surface area (Å²) in [7, 11) is 0. The maximum atomic E-state index is 13.0. The van der Waals surface area contributed by atoms with Crippen LogP contribution in [-0.2, 0) is 16.1 Å². The summed E-state index contributed by atoms with van der Waals surface area (Å²) in [5, 5.41) is 2.96. The van der Waals surface area contributed by atoms with E-state index in [4.69, 9.17) is 0 Å². The molecule has 138 valence electrons. The molecule has 0 saturated carbocycles. The first-order valence-electron chi connectivity index (χ1n) is 9.21. The second kappa shape index (κ2) is 9.76. The lowest BCUT2D eigenvalue weighted by molar-refractivity contribution is -0.144. The second-order valence-corrected chi connectivity index (χ2v) is 6.71. The van der Waals surface area contributed by atoms with Crippen molar-refractivity contribution >= 4 is 11.8 Å². The third-order valence-corrected chi connectivity index (χ3v) is 4.20. The van der Waals surface area contributed by atoms with Gasteiger partial charge < -0.3 is 10.2 Å². The van der Waals surface area contributed by atoms with E-state index >= 15 is 0 Å². The minimum absolute atomic E-state index is 0.0330. The SMILES string of the molecule is CCCNC(=O)[C@@H](c1ccccc1)N(Cc1ccccc1)C(=O)C(C)C. The van der Waals surface area contributed by atoms with E-state index in [1.54, 1.807) is 4.90 Å². The number of benzene rings is 2. The average molecular weight is 352 g/mol. The Hall–Kier alpha value is -2.62. The predicted molar refractivity (Wildman–Crippen MR) is 104 cm³/mol. The van der Waals surface area contributed by atoms with Gasteiger partial charge in [-0.25, -0.2) is 0 Å². The first kappa shape index (κ1) is 19.7. The summed E-state index contributed by atoms with van der Waals surface area (Å²) in [6.45, 7) is 6.74. The van der Waals surface area contributed by atoms with Crippen LogP contribution < -0.4 is 5.32 Å². The Kier molecular flexibility index (Phi) is 7.39. The highest BCUT2D eigenvalue weighted by atomic mass is 16.2. The molecule has 0 unspecified atom stereocenters. The molecule has 1 N–H and O–H groups in total. The summed E-state index contributed by atoms with van der Waals surface area (Å²) >= 11 is 0. The van der Waals surface area contributed by atoms with E-state index in [1.165, 1.54) is 0 Å². The minimum atomic E-state index is -0.641. The number of nitrogens with zero attached hydrogens (tertiary/aromatic N) is 1. The Morgan fingerprint density at radius 3 is 2.08 bits per heavy atom. The first-order chi connectivity index (χ1) is 12.5. The van der Waals surface area contributed by atoms with Crippen molar-refractivity contribution in [3.8, 4) is 0 Å². The van der Waals surface area contributed by atoms with Gasteiger partial charge in [-0.1, -0.05) is 81.4 Å². The predicted octanol–water partition coefficient (Wildman–Crippen LogP) is 3.94. The monoisotopic (exact) mass is 352 g/mol. The topological polar surface area (TPSA) is 49.4 Å². The highest BCUT2D eigenvalue weighted by molar-refractivity contribution is 5.89. The zero-order chi connectivity index (χ0) is 18.9. The average Bonchev–Trinajstić information content (AvgIpc) is 2.66. The van der Waals surface area contributed by atoms with Gasteiger partial charge in [-0.15, -0.1) is 0 Å². The molecule has 2 rings (SSSR count). The van der Waals surface area contributed by atoms with E-state index in [9.17, 15) is 9.59 Å². The second-order valence-electron chi connectivity index (χ2n) is 6.71. The molecule has 2 aromatic carbocycles. The maximum Gasteiger partial charge on any atom is 0.247 e. The van der Waals surface area contributed by atoms with E-state index in [0.717, 1.165) is 17.5 Å². The lowest BCUT2D eigenvalue weighted by atomic mass is 10.0. The molecule has 4 heteroatoms. The highest BCUT2D eigenvalue weighted by Gasteiger charge is 2.32. The fraction of sp³-hybridized carbons (Fsp3) is 0.364. The largest absolute Gasteiger partial charge is 0.354 e. The summed E-state index contributed by atoms with van der Waals surface area (Å²) in [5.41, 5.74) is 1.83. The quantitative estimate of drug-likeness (QED) is 0.782. The molecule has 0 aliphatic heterocycles. The van der Waals surface area contributed by atoms with Crippen LogP contribution in [0.25, 0.3) is 0 Å². The summed E-state index contributed by atoms with van der Waals surface area (Å²) in [6.07, 6.45) is 0.851. The molecule has 2 amide bonds. The molecule has 0 radical (unpaired) electrons. The number of rotatable bonds is 8. The molecule has 26 heavy (non-hydrogen) atoms. The zero-order valence-corrected chi connectivity index (χ0v) is 15.8. The fourth-order valence-corrected chi connectivity index (χ4v) is 2.86. The van der Waals surface area contributed by atoms with E-state index in [2.05, 4.69) is 5.32 Å². The smallest absolute Gasteiger partial charge is 0.247 e. The minimum Gasteiger partial charge on any atom is -0.354 e. The molecule has 4 nitrogen and oxygen atoms in total. The van der Waals surface area contributed by atoms with Crippen LogP contribution in [0.1, 0.15) is 44.4 Å². The van der Waals surface area contributed by atoms with E-state index < -0.39 is 6.04 Å². The van der Waals surface area contributed by atoms with Crippen LogP contribution in [-0.4, -0.2) is 23.3 Å². The number of carbonyl (C=O) groups excluding carboxylic acids is 2. The number of carbonyl (C=O) groups is 2. The number of hydrogen-bond donors (Lipinski definition) is 1. The molecule has 0 spiro atoms. The van der Waals surface area contributed by atoms with Crippen LogP contribution in [0.5, 0.6) is 0 Å². The molecular weight excluding hydrogens is 324 g/mol. The molecule has 0 heterocycles. The van der Waals surface area contributed by atoms with E-state index in [0.29, 0.717) is 13.1 Å². The number of hydrogen-bond acceptors (Lipinski definition) is 2. The van der Waals surface area contributed by atoms with Crippen molar-refractivity contribution in [1.29, 1.82) is 0 Å². The summed E-state index contributed by atoms with van der Waals surface area (Å²) in [4.78, 5) is 27.6. The zero-order valence-electron chi connectivity index (χ0n) is 15.8. The molecule has 1 atom stereocenters.